The zero-order chi connectivity index (χ0) is 22.7. The van der Waals surface area contributed by atoms with Gasteiger partial charge >= 0.3 is 0 Å². The molecule has 4 rings (SSSR count). The van der Waals surface area contributed by atoms with E-state index in [4.69, 9.17) is 0 Å². The molecule has 2 heterocycles. The molecule has 0 spiro atoms. The fourth-order valence-electron chi connectivity index (χ4n) is 4.05. The van der Waals surface area contributed by atoms with Crippen molar-refractivity contribution in [3.05, 3.63) is 76.2 Å². The molecule has 0 radical (unpaired) electrons. The van der Waals surface area contributed by atoms with Crippen molar-refractivity contribution in [2.24, 2.45) is 0 Å². The van der Waals surface area contributed by atoms with Crippen molar-refractivity contribution in [1.82, 2.24) is 10.2 Å². The van der Waals surface area contributed by atoms with Gasteiger partial charge in [0.25, 0.3) is 5.91 Å². The predicted molar refractivity (Wildman–Crippen MR) is 132 cm³/mol. The van der Waals surface area contributed by atoms with Crippen molar-refractivity contribution in [2.75, 3.05) is 38.1 Å². The van der Waals surface area contributed by atoms with Crippen LogP contribution in [0.1, 0.15) is 39.3 Å². The van der Waals surface area contributed by atoms with Gasteiger partial charge in [0, 0.05) is 47.2 Å². The Hall–Kier alpha value is -2.67. The van der Waals surface area contributed by atoms with Crippen LogP contribution in [0.25, 0.3) is 10.4 Å². The lowest BCUT2D eigenvalue weighted by atomic mass is 10.0. The Bertz CT molecular complexity index is 1090. The number of nitrogens with zero attached hydrogens (tertiary/aromatic N) is 2. The molecule has 6 heteroatoms. The predicted octanol–water partition coefficient (Wildman–Crippen LogP) is 4.46. The van der Waals surface area contributed by atoms with E-state index in [0.717, 1.165) is 63.9 Å². The van der Waals surface area contributed by atoms with Gasteiger partial charge in [-0.3, -0.25) is 4.79 Å². The number of amides is 1. The average Bonchev–Trinajstić information content (AvgIpc) is 3.29. The minimum Gasteiger partial charge on any atom is -0.391 e. The highest BCUT2D eigenvalue weighted by Crippen LogP contribution is 2.30. The number of carbonyl (C=O) groups excluding carboxylic acids is 1. The van der Waals surface area contributed by atoms with Crippen LogP contribution in [0.3, 0.4) is 0 Å². The molecule has 1 atom stereocenters. The first-order chi connectivity index (χ1) is 15.4. The third kappa shape index (κ3) is 5.04. The first-order valence-corrected chi connectivity index (χ1v) is 11.9. The highest BCUT2D eigenvalue weighted by atomic mass is 32.1. The highest BCUT2D eigenvalue weighted by Gasteiger charge is 2.18. The number of carbonyl (C=O) groups is 1. The summed E-state index contributed by atoms with van der Waals surface area (Å²) < 4.78 is 0. The molecule has 3 aromatic rings. The summed E-state index contributed by atoms with van der Waals surface area (Å²) in [5, 5.41) is 12.5. The summed E-state index contributed by atoms with van der Waals surface area (Å²) >= 11 is 1.59. The SMILES string of the molecule is Cc1ccc(N2CCN(C)CC2)cc1C(=O)N[C@H](C)c1cccc(-c2ccc(CO)s2)c1. The number of hydrogen-bond acceptors (Lipinski definition) is 5. The number of rotatable bonds is 6. The number of likely N-dealkylation sites (N-methyl/N-ethyl adjacent to an activating group) is 1. The van der Waals surface area contributed by atoms with Crippen molar-refractivity contribution in [3.63, 3.8) is 0 Å². The fraction of sp³-hybridized carbons (Fsp3) is 0.346. The van der Waals surface area contributed by atoms with E-state index in [0.29, 0.717) is 0 Å². The number of aryl methyl sites for hydroxylation is 1. The van der Waals surface area contributed by atoms with Crippen molar-refractivity contribution < 1.29 is 9.90 Å². The molecule has 0 unspecified atom stereocenters. The molecule has 1 aliphatic rings. The maximum Gasteiger partial charge on any atom is 0.252 e. The summed E-state index contributed by atoms with van der Waals surface area (Å²) in [5.74, 6) is -0.0462. The minimum atomic E-state index is -0.119. The van der Waals surface area contributed by atoms with E-state index in [1.165, 1.54) is 0 Å². The van der Waals surface area contributed by atoms with Gasteiger partial charge in [-0.15, -0.1) is 11.3 Å². The summed E-state index contributed by atoms with van der Waals surface area (Å²) in [6.07, 6.45) is 0. The Labute approximate surface area is 194 Å². The Morgan fingerprint density at radius 2 is 1.88 bits per heavy atom. The normalized spacial score (nSPS) is 15.6. The van der Waals surface area contributed by atoms with Gasteiger partial charge in [-0.1, -0.05) is 24.3 Å². The molecule has 1 amide bonds. The molecular weight excluding hydrogens is 418 g/mol. The van der Waals surface area contributed by atoms with Gasteiger partial charge in [-0.2, -0.15) is 0 Å². The van der Waals surface area contributed by atoms with Crippen LogP contribution in [0.5, 0.6) is 0 Å². The Kier molecular flexibility index (Phi) is 6.94. The van der Waals surface area contributed by atoms with Gasteiger partial charge in [0.15, 0.2) is 0 Å². The monoisotopic (exact) mass is 449 g/mol. The summed E-state index contributed by atoms with van der Waals surface area (Å²) in [6, 6.07) is 18.3. The summed E-state index contributed by atoms with van der Waals surface area (Å²) in [4.78, 5) is 19.9. The van der Waals surface area contributed by atoms with Crippen LogP contribution in [0.15, 0.2) is 54.6 Å². The number of benzene rings is 2. The third-order valence-corrected chi connectivity index (χ3v) is 7.29. The molecule has 5 nitrogen and oxygen atoms in total. The van der Waals surface area contributed by atoms with E-state index >= 15 is 0 Å². The van der Waals surface area contributed by atoms with Crippen LogP contribution in [-0.2, 0) is 6.61 Å². The second-order valence-electron chi connectivity index (χ2n) is 8.53. The van der Waals surface area contributed by atoms with Gasteiger partial charge in [0.2, 0.25) is 0 Å². The molecule has 2 aromatic carbocycles. The van der Waals surface area contributed by atoms with Crippen molar-refractivity contribution in [2.45, 2.75) is 26.5 Å². The van der Waals surface area contributed by atoms with Crippen molar-refractivity contribution in [3.8, 4) is 10.4 Å². The average molecular weight is 450 g/mol. The number of nitrogens with one attached hydrogen (secondary N) is 1. The molecule has 0 aliphatic carbocycles. The fourth-order valence-corrected chi connectivity index (χ4v) is 4.92. The summed E-state index contributed by atoms with van der Waals surface area (Å²) in [5.41, 5.74) is 4.98. The summed E-state index contributed by atoms with van der Waals surface area (Å²) in [6.45, 7) is 8.09. The lowest BCUT2D eigenvalue weighted by molar-refractivity contribution is 0.0939. The number of hydrogen-bond donors (Lipinski definition) is 2. The van der Waals surface area contributed by atoms with E-state index in [1.54, 1.807) is 11.3 Å². The standard InChI is InChI=1S/C26H31N3O2S/c1-18-7-8-22(29-13-11-28(3)12-14-29)16-24(18)26(31)27-19(2)20-5-4-6-21(15-20)25-10-9-23(17-30)32-25/h4-10,15-16,19,30H,11-14,17H2,1-3H3,(H,27,31)/t19-/m1/s1. The Balaban J connectivity index is 1.49. The number of aliphatic hydroxyl groups is 1. The molecule has 1 saturated heterocycles. The van der Waals surface area contributed by atoms with Crippen molar-refractivity contribution in [1.29, 1.82) is 0 Å². The molecule has 0 saturated carbocycles. The zero-order valence-electron chi connectivity index (χ0n) is 19.0. The lowest BCUT2D eigenvalue weighted by Gasteiger charge is -2.34. The second kappa shape index (κ2) is 9.86. The minimum absolute atomic E-state index is 0.0462. The van der Waals surface area contributed by atoms with E-state index in [2.05, 4.69) is 40.4 Å². The van der Waals surface area contributed by atoms with Crippen LogP contribution >= 0.6 is 11.3 Å². The smallest absolute Gasteiger partial charge is 0.252 e. The number of anilines is 1. The lowest BCUT2D eigenvalue weighted by Crippen LogP contribution is -2.44. The summed E-state index contributed by atoms with van der Waals surface area (Å²) in [7, 11) is 2.14. The molecule has 32 heavy (non-hydrogen) atoms. The number of piperazine rings is 1. The Morgan fingerprint density at radius 3 is 2.59 bits per heavy atom. The first kappa shape index (κ1) is 22.5. The topological polar surface area (TPSA) is 55.8 Å². The van der Waals surface area contributed by atoms with Gasteiger partial charge in [0.1, 0.15) is 0 Å². The van der Waals surface area contributed by atoms with Crippen LogP contribution in [-0.4, -0.2) is 49.1 Å². The molecule has 1 fully saturated rings. The largest absolute Gasteiger partial charge is 0.391 e. The number of aliphatic hydroxyl groups excluding tert-OH is 1. The van der Waals surface area contributed by atoms with Gasteiger partial charge in [-0.05, 0) is 67.9 Å². The quantitative estimate of drug-likeness (QED) is 0.583. The van der Waals surface area contributed by atoms with Crippen molar-refractivity contribution >= 4 is 22.9 Å². The van der Waals surface area contributed by atoms with Gasteiger partial charge in [-0.25, -0.2) is 0 Å². The second-order valence-corrected chi connectivity index (χ2v) is 9.70. The molecule has 0 bridgehead atoms. The molecule has 1 aliphatic heterocycles. The molecule has 1 aromatic heterocycles. The van der Waals surface area contributed by atoms with Crippen LogP contribution in [0.4, 0.5) is 5.69 Å². The van der Waals surface area contributed by atoms with Crippen LogP contribution in [0.2, 0.25) is 0 Å². The zero-order valence-corrected chi connectivity index (χ0v) is 19.8. The molecular formula is C26H31N3O2S. The maximum absolute atomic E-state index is 13.2. The van der Waals surface area contributed by atoms with Crippen LogP contribution < -0.4 is 10.2 Å². The van der Waals surface area contributed by atoms with Gasteiger partial charge < -0.3 is 20.2 Å². The Morgan fingerprint density at radius 1 is 1.09 bits per heavy atom. The number of thiophene rings is 1. The first-order valence-electron chi connectivity index (χ1n) is 11.1. The van der Waals surface area contributed by atoms with E-state index < -0.39 is 0 Å². The highest BCUT2D eigenvalue weighted by molar-refractivity contribution is 7.15. The van der Waals surface area contributed by atoms with E-state index in [1.807, 2.05) is 50.2 Å². The van der Waals surface area contributed by atoms with Crippen LogP contribution in [0, 0.1) is 6.92 Å². The van der Waals surface area contributed by atoms with Gasteiger partial charge in [0.05, 0.1) is 12.6 Å². The molecule has 2 N–H and O–H groups in total. The van der Waals surface area contributed by atoms with E-state index in [9.17, 15) is 9.90 Å². The maximum atomic E-state index is 13.2. The third-order valence-electron chi connectivity index (χ3n) is 6.17. The molecule has 168 valence electrons. The van der Waals surface area contributed by atoms with E-state index in [-0.39, 0.29) is 18.6 Å².